The van der Waals surface area contributed by atoms with Crippen molar-refractivity contribution in [2.24, 2.45) is 18.7 Å². The van der Waals surface area contributed by atoms with Gasteiger partial charge in [-0.2, -0.15) is 9.40 Å². The van der Waals surface area contributed by atoms with Crippen LogP contribution in [-0.4, -0.2) is 40.6 Å². The average Bonchev–Trinajstić information content (AvgIpc) is 2.72. The van der Waals surface area contributed by atoms with E-state index in [-0.39, 0.29) is 17.4 Å². The van der Waals surface area contributed by atoms with Crippen LogP contribution in [0.3, 0.4) is 0 Å². The minimum Gasteiger partial charge on any atom is -0.393 e. The second kappa shape index (κ2) is 5.77. The molecule has 1 unspecified atom stereocenters. The van der Waals surface area contributed by atoms with Crippen LogP contribution in [-0.2, 0) is 17.1 Å². The van der Waals surface area contributed by atoms with E-state index < -0.39 is 10.0 Å². The van der Waals surface area contributed by atoms with Crippen molar-refractivity contribution in [1.82, 2.24) is 14.1 Å². The Morgan fingerprint density at radius 3 is 2.67 bits per heavy atom. The SMILES string of the molecule is CCN(CC(C)C(N)=S)S(=O)(=O)c1cnn(C)c1. The van der Waals surface area contributed by atoms with Crippen molar-refractivity contribution in [1.29, 1.82) is 0 Å². The molecule has 0 fully saturated rings. The molecule has 18 heavy (non-hydrogen) atoms. The highest BCUT2D eigenvalue weighted by atomic mass is 32.2. The van der Waals surface area contributed by atoms with Gasteiger partial charge in [-0.15, -0.1) is 0 Å². The Morgan fingerprint density at radius 1 is 1.67 bits per heavy atom. The molecule has 0 amide bonds. The molecule has 0 aromatic carbocycles. The van der Waals surface area contributed by atoms with Crippen LogP contribution in [0.4, 0.5) is 0 Å². The van der Waals surface area contributed by atoms with Crippen LogP contribution in [0.15, 0.2) is 17.3 Å². The number of hydrogen-bond donors (Lipinski definition) is 1. The van der Waals surface area contributed by atoms with E-state index in [1.165, 1.54) is 21.4 Å². The zero-order chi connectivity index (χ0) is 13.9. The third-order valence-electron chi connectivity index (χ3n) is 2.63. The van der Waals surface area contributed by atoms with Crippen LogP contribution in [0, 0.1) is 5.92 Å². The Morgan fingerprint density at radius 2 is 2.28 bits per heavy atom. The molecule has 102 valence electrons. The van der Waals surface area contributed by atoms with Crippen molar-refractivity contribution in [2.45, 2.75) is 18.7 Å². The van der Waals surface area contributed by atoms with Crippen LogP contribution < -0.4 is 5.73 Å². The van der Waals surface area contributed by atoms with Gasteiger partial charge in [0.25, 0.3) is 0 Å². The van der Waals surface area contributed by atoms with Gasteiger partial charge in [-0.25, -0.2) is 8.42 Å². The maximum absolute atomic E-state index is 12.3. The van der Waals surface area contributed by atoms with Crippen molar-refractivity contribution < 1.29 is 8.42 Å². The predicted molar refractivity (Wildman–Crippen MR) is 73.6 cm³/mol. The van der Waals surface area contributed by atoms with E-state index in [4.69, 9.17) is 18.0 Å². The standard InChI is InChI=1S/C10H18N4O2S2/c1-4-14(6-8(2)10(11)17)18(15,16)9-5-12-13(3)7-9/h5,7-8H,4,6H2,1-3H3,(H2,11,17). The van der Waals surface area contributed by atoms with Gasteiger partial charge >= 0.3 is 0 Å². The fourth-order valence-electron chi connectivity index (χ4n) is 1.47. The van der Waals surface area contributed by atoms with Gasteiger partial charge in [0.05, 0.1) is 11.2 Å². The largest absolute Gasteiger partial charge is 0.393 e. The topological polar surface area (TPSA) is 81.2 Å². The summed E-state index contributed by atoms with van der Waals surface area (Å²) < 4.78 is 27.5. The Balaban J connectivity index is 2.97. The van der Waals surface area contributed by atoms with Gasteiger partial charge in [-0.05, 0) is 0 Å². The van der Waals surface area contributed by atoms with Crippen LogP contribution in [0.1, 0.15) is 13.8 Å². The van der Waals surface area contributed by atoms with Crippen LogP contribution in [0.25, 0.3) is 0 Å². The van der Waals surface area contributed by atoms with E-state index in [0.717, 1.165) is 0 Å². The summed E-state index contributed by atoms with van der Waals surface area (Å²) in [6.45, 7) is 4.23. The van der Waals surface area contributed by atoms with Gasteiger partial charge in [0.15, 0.2) is 0 Å². The first-order chi connectivity index (χ1) is 8.28. The molecule has 6 nitrogen and oxygen atoms in total. The van der Waals surface area contributed by atoms with E-state index in [0.29, 0.717) is 11.5 Å². The molecule has 1 aromatic rings. The molecule has 0 aliphatic rings. The fourth-order valence-corrected chi connectivity index (χ4v) is 3.07. The molecule has 1 heterocycles. The molecular formula is C10H18N4O2S2. The normalized spacial score (nSPS) is 13.8. The summed E-state index contributed by atoms with van der Waals surface area (Å²) in [7, 11) is -1.85. The number of nitrogens with two attached hydrogens (primary N) is 1. The number of hydrogen-bond acceptors (Lipinski definition) is 4. The zero-order valence-corrected chi connectivity index (χ0v) is 12.3. The molecule has 0 bridgehead atoms. The molecule has 1 atom stereocenters. The smallest absolute Gasteiger partial charge is 0.246 e. The minimum atomic E-state index is -3.52. The fraction of sp³-hybridized carbons (Fsp3) is 0.600. The van der Waals surface area contributed by atoms with Gasteiger partial charge in [0, 0.05) is 32.3 Å². The maximum Gasteiger partial charge on any atom is 0.246 e. The molecule has 1 aromatic heterocycles. The van der Waals surface area contributed by atoms with Crippen molar-refractivity contribution >= 4 is 27.2 Å². The van der Waals surface area contributed by atoms with Crippen molar-refractivity contribution in [3.63, 3.8) is 0 Å². The summed E-state index contributed by atoms with van der Waals surface area (Å²) in [5.74, 6) is -0.161. The lowest BCUT2D eigenvalue weighted by Gasteiger charge is -2.22. The number of nitrogens with zero attached hydrogens (tertiary/aromatic N) is 3. The second-order valence-corrected chi connectivity index (χ2v) is 6.52. The summed E-state index contributed by atoms with van der Waals surface area (Å²) in [5.41, 5.74) is 5.52. The third-order valence-corrected chi connectivity index (χ3v) is 4.93. The zero-order valence-electron chi connectivity index (χ0n) is 10.7. The number of sulfonamides is 1. The molecule has 0 aliphatic heterocycles. The average molecular weight is 290 g/mol. The Hall–Kier alpha value is -0.990. The highest BCUT2D eigenvalue weighted by molar-refractivity contribution is 7.89. The lowest BCUT2D eigenvalue weighted by Crippen LogP contribution is -2.38. The molecule has 0 aliphatic carbocycles. The Labute approximate surface area is 113 Å². The molecule has 8 heteroatoms. The molecule has 1 rings (SSSR count). The minimum absolute atomic E-state index is 0.161. The highest BCUT2D eigenvalue weighted by Gasteiger charge is 2.26. The number of thiocarbonyl (C=S) groups is 1. The van der Waals surface area contributed by atoms with Gasteiger partial charge in [0.2, 0.25) is 10.0 Å². The van der Waals surface area contributed by atoms with Gasteiger partial charge in [0.1, 0.15) is 4.90 Å². The first-order valence-corrected chi connectivity index (χ1v) is 7.42. The van der Waals surface area contributed by atoms with E-state index in [1.807, 2.05) is 6.92 Å². The molecule has 0 radical (unpaired) electrons. The van der Waals surface area contributed by atoms with Crippen LogP contribution in [0.2, 0.25) is 0 Å². The van der Waals surface area contributed by atoms with Crippen molar-refractivity contribution in [3.8, 4) is 0 Å². The molecule has 0 saturated heterocycles. The summed E-state index contributed by atoms with van der Waals surface area (Å²) in [6, 6.07) is 0. The predicted octanol–water partition coefficient (Wildman–Crippen LogP) is 0.353. The number of aryl methyl sites for hydroxylation is 1. The first-order valence-electron chi connectivity index (χ1n) is 5.57. The molecule has 0 spiro atoms. The Kier molecular flexibility index (Phi) is 4.83. The van der Waals surface area contributed by atoms with Crippen molar-refractivity contribution in [2.75, 3.05) is 13.1 Å². The van der Waals surface area contributed by atoms with Crippen molar-refractivity contribution in [3.05, 3.63) is 12.4 Å². The maximum atomic E-state index is 12.3. The lowest BCUT2D eigenvalue weighted by atomic mass is 10.2. The quantitative estimate of drug-likeness (QED) is 0.765. The summed E-state index contributed by atoms with van der Waals surface area (Å²) in [6.07, 6.45) is 2.81. The van der Waals surface area contributed by atoms with Gasteiger partial charge < -0.3 is 5.73 Å². The van der Waals surface area contributed by atoms with E-state index in [9.17, 15) is 8.42 Å². The third kappa shape index (κ3) is 3.27. The number of aromatic nitrogens is 2. The highest BCUT2D eigenvalue weighted by Crippen LogP contribution is 2.16. The summed E-state index contributed by atoms with van der Waals surface area (Å²) >= 11 is 4.87. The van der Waals surface area contributed by atoms with Gasteiger partial charge in [-0.1, -0.05) is 26.1 Å². The summed E-state index contributed by atoms with van der Waals surface area (Å²) in [5, 5.41) is 3.87. The number of rotatable bonds is 6. The molecular weight excluding hydrogens is 272 g/mol. The van der Waals surface area contributed by atoms with E-state index in [1.54, 1.807) is 14.0 Å². The first kappa shape index (κ1) is 15.1. The molecule has 2 N–H and O–H groups in total. The van der Waals surface area contributed by atoms with E-state index in [2.05, 4.69) is 5.10 Å². The monoisotopic (exact) mass is 290 g/mol. The Bertz CT molecular complexity index is 524. The van der Waals surface area contributed by atoms with Gasteiger partial charge in [-0.3, -0.25) is 4.68 Å². The van der Waals surface area contributed by atoms with Crippen LogP contribution in [0.5, 0.6) is 0 Å². The lowest BCUT2D eigenvalue weighted by molar-refractivity contribution is 0.405. The van der Waals surface area contributed by atoms with E-state index >= 15 is 0 Å². The second-order valence-electron chi connectivity index (χ2n) is 4.11. The van der Waals surface area contributed by atoms with Crippen LogP contribution >= 0.6 is 12.2 Å². The summed E-state index contributed by atoms with van der Waals surface area (Å²) in [4.78, 5) is 0.497. The molecule has 0 saturated carbocycles.